The number of aromatic nitrogens is 3. The minimum absolute atomic E-state index is 0.790. The highest BCUT2D eigenvalue weighted by atomic mass is 16.5. The van der Waals surface area contributed by atoms with Crippen molar-refractivity contribution < 1.29 is 4.74 Å². The van der Waals surface area contributed by atoms with Crippen molar-refractivity contribution in [3.05, 3.63) is 11.4 Å². The second kappa shape index (κ2) is 3.30. The highest BCUT2D eigenvalue weighted by molar-refractivity contribution is 5.18. The van der Waals surface area contributed by atoms with Crippen molar-refractivity contribution in [3.63, 3.8) is 0 Å². The molecule has 1 saturated carbocycles. The molecule has 1 aromatic rings. The van der Waals surface area contributed by atoms with E-state index in [9.17, 15) is 0 Å². The SMILES string of the molecule is COCC1C2CCc3nnn(C)c3CC21. The van der Waals surface area contributed by atoms with E-state index in [1.807, 2.05) is 11.7 Å². The number of aryl methyl sites for hydroxylation is 2. The van der Waals surface area contributed by atoms with E-state index in [2.05, 4.69) is 10.3 Å². The zero-order valence-electron chi connectivity index (χ0n) is 9.31. The van der Waals surface area contributed by atoms with Crippen molar-refractivity contribution in [2.24, 2.45) is 24.8 Å². The number of hydrogen-bond acceptors (Lipinski definition) is 3. The average molecular weight is 207 g/mol. The topological polar surface area (TPSA) is 39.9 Å². The molecule has 4 heteroatoms. The smallest absolute Gasteiger partial charge is 0.0859 e. The molecular formula is C11H17N3O. The van der Waals surface area contributed by atoms with Crippen LogP contribution in [0.4, 0.5) is 0 Å². The number of fused-ring (bicyclic) bond motifs is 2. The van der Waals surface area contributed by atoms with E-state index >= 15 is 0 Å². The van der Waals surface area contributed by atoms with Crippen LogP contribution in [0.5, 0.6) is 0 Å². The molecular weight excluding hydrogens is 190 g/mol. The van der Waals surface area contributed by atoms with Crippen LogP contribution in [0.3, 0.4) is 0 Å². The van der Waals surface area contributed by atoms with Crippen molar-refractivity contribution in [1.29, 1.82) is 0 Å². The molecule has 1 heterocycles. The average Bonchev–Trinajstić information content (AvgIpc) is 2.81. The molecule has 0 bridgehead atoms. The van der Waals surface area contributed by atoms with Crippen molar-refractivity contribution >= 4 is 0 Å². The molecule has 0 amide bonds. The van der Waals surface area contributed by atoms with Gasteiger partial charge < -0.3 is 4.74 Å². The number of hydrogen-bond donors (Lipinski definition) is 0. The summed E-state index contributed by atoms with van der Waals surface area (Å²) in [6.07, 6.45) is 3.52. The maximum Gasteiger partial charge on any atom is 0.0859 e. The Balaban J connectivity index is 1.80. The molecule has 1 aromatic heterocycles. The molecule has 3 unspecified atom stereocenters. The summed E-state index contributed by atoms with van der Waals surface area (Å²) in [7, 11) is 3.80. The summed E-state index contributed by atoms with van der Waals surface area (Å²) in [5.41, 5.74) is 2.57. The van der Waals surface area contributed by atoms with Crippen LogP contribution >= 0.6 is 0 Å². The highest BCUT2D eigenvalue weighted by Gasteiger charge is 2.51. The normalized spacial score (nSPS) is 33.1. The van der Waals surface area contributed by atoms with E-state index < -0.39 is 0 Å². The summed E-state index contributed by atoms with van der Waals surface area (Å²) >= 11 is 0. The van der Waals surface area contributed by atoms with Crippen LogP contribution in [-0.4, -0.2) is 28.7 Å². The molecule has 0 N–H and O–H groups in total. The van der Waals surface area contributed by atoms with Crippen LogP contribution in [0, 0.1) is 17.8 Å². The Kier molecular flexibility index (Phi) is 2.06. The summed E-state index contributed by atoms with van der Waals surface area (Å²) in [5, 5.41) is 8.32. The van der Waals surface area contributed by atoms with Crippen LogP contribution < -0.4 is 0 Å². The Bertz CT molecular complexity index is 374. The Morgan fingerprint density at radius 2 is 2.33 bits per heavy atom. The number of nitrogens with zero attached hydrogens (tertiary/aromatic N) is 3. The van der Waals surface area contributed by atoms with Crippen molar-refractivity contribution in [1.82, 2.24) is 15.0 Å². The third-order valence-corrected chi connectivity index (χ3v) is 4.03. The molecule has 0 aliphatic heterocycles. The second-order valence-electron chi connectivity index (χ2n) is 4.80. The van der Waals surface area contributed by atoms with Gasteiger partial charge in [0.1, 0.15) is 0 Å². The van der Waals surface area contributed by atoms with Gasteiger partial charge in [0.15, 0.2) is 0 Å². The monoisotopic (exact) mass is 207 g/mol. The van der Waals surface area contributed by atoms with Gasteiger partial charge in [-0.2, -0.15) is 0 Å². The molecule has 3 rings (SSSR count). The van der Waals surface area contributed by atoms with Gasteiger partial charge in [0, 0.05) is 20.8 Å². The summed E-state index contributed by atoms with van der Waals surface area (Å²) in [5.74, 6) is 2.49. The van der Waals surface area contributed by atoms with Gasteiger partial charge in [-0.15, -0.1) is 5.10 Å². The molecule has 0 saturated heterocycles. The van der Waals surface area contributed by atoms with Crippen LogP contribution in [0.1, 0.15) is 17.8 Å². The van der Waals surface area contributed by atoms with Crippen molar-refractivity contribution in [3.8, 4) is 0 Å². The fraction of sp³-hybridized carbons (Fsp3) is 0.818. The van der Waals surface area contributed by atoms with E-state index in [1.54, 1.807) is 7.11 Å². The maximum atomic E-state index is 5.26. The second-order valence-corrected chi connectivity index (χ2v) is 4.80. The quantitative estimate of drug-likeness (QED) is 0.720. The van der Waals surface area contributed by atoms with Gasteiger partial charge >= 0.3 is 0 Å². The molecule has 0 radical (unpaired) electrons. The third-order valence-electron chi connectivity index (χ3n) is 4.03. The molecule has 2 aliphatic rings. The molecule has 0 aromatic carbocycles. The van der Waals surface area contributed by atoms with E-state index in [1.165, 1.54) is 17.8 Å². The fourth-order valence-corrected chi connectivity index (χ4v) is 3.09. The first kappa shape index (κ1) is 9.33. The largest absolute Gasteiger partial charge is 0.384 e. The van der Waals surface area contributed by atoms with E-state index in [0.29, 0.717) is 0 Å². The predicted octanol–water partition coefficient (Wildman–Crippen LogP) is 0.812. The first-order valence-electron chi connectivity index (χ1n) is 5.67. The minimum atomic E-state index is 0.790. The summed E-state index contributed by atoms with van der Waals surface area (Å²) in [6, 6.07) is 0. The van der Waals surface area contributed by atoms with Crippen molar-refractivity contribution in [2.45, 2.75) is 19.3 Å². The fourth-order valence-electron chi connectivity index (χ4n) is 3.09. The summed E-state index contributed by atoms with van der Waals surface area (Å²) in [6.45, 7) is 0.927. The summed E-state index contributed by atoms with van der Waals surface area (Å²) in [4.78, 5) is 0. The lowest BCUT2D eigenvalue weighted by atomic mass is 10.1. The Morgan fingerprint density at radius 3 is 3.13 bits per heavy atom. The molecule has 0 spiro atoms. The molecule has 15 heavy (non-hydrogen) atoms. The Labute approximate surface area is 89.6 Å². The Morgan fingerprint density at radius 1 is 1.47 bits per heavy atom. The van der Waals surface area contributed by atoms with Gasteiger partial charge in [0.25, 0.3) is 0 Å². The number of rotatable bonds is 2. The van der Waals surface area contributed by atoms with E-state index in [4.69, 9.17) is 4.74 Å². The zero-order chi connectivity index (χ0) is 10.4. The van der Waals surface area contributed by atoms with Crippen LogP contribution in [-0.2, 0) is 24.6 Å². The van der Waals surface area contributed by atoms with Gasteiger partial charge in [-0.1, -0.05) is 5.21 Å². The lowest BCUT2D eigenvalue weighted by Gasteiger charge is -2.02. The van der Waals surface area contributed by atoms with Crippen LogP contribution in [0.15, 0.2) is 0 Å². The highest BCUT2D eigenvalue weighted by Crippen LogP contribution is 2.52. The van der Waals surface area contributed by atoms with E-state index in [0.717, 1.165) is 37.2 Å². The Hall–Kier alpha value is -0.900. The lowest BCUT2D eigenvalue weighted by molar-refractivity contribution is 0.176. The molecule has 1 fully saturated rings. The van der Waals surface area contributed by atoms with Gasteiger partial charge in [0.05, 0.1) is 11.4 Å². The van der Waals surface area contributed by atoms with Crippen molar-refractivity contribution in [2.75, 3.05) is 13.7 Å². The van der Waals surface area contributed by atoms with Gasteiger partial charge in [-0.05, 0) is 37.0 Å². The standard InChI is InChI=1S/C11H17N3O/c1-14-11-5-8-7(9(8)6-15-2)3-4-10(11)12-13-14/h7-9H,3-6H2,1-2H3. The molecule has 2 aliphatic carbocycles. The maximum absolute atomic E-state index is 5.26. The molecule has 4 nitrogen and oxygen atoms in total. The number of methoxy groups -OCH3 is 1. The van der Waals surface area contributed by atoms with E-state index in [-0.39, 0.29) is 0 Å². The molecule has 3 atom stereocenters. The first-order valence-corrected chi connectivity index (χ1v) is 5.67. The zero-order valence-corrected chi connectivity index (χ0v) is 9.31. The molecule has 82 valence electrons. The minimum Gasteiger partial charge on any atom is -0.384 e. The van der Waals surface area contributed by atoms with Gasteiger partial charge in [0.2, 0.25) is 0 Å². The predicted molar refractivity (Wildman–Crippen MR) is 55.4 cm³/mol. The first-order chi connectivity index (χ1) is 7.31. The third kappa shape index (κ3) is 1.39. The number of ether oxygens (including phenoxy) is 1. The van der Waals surface area contributed by atoms with Crippen LogP contribution in [0.2, 0.25) is 0 Å². The van der Waals surface area contributed by atoms with Gasteiger partial charge in [-0.25, -0.2) is 0 Å². The summed E-state index contributed by atoms with van der Waals surface area (Å²) < 4.78 is 7.20. The van der Waals surface area contributed by atoms with Gasteiger partial charge in [-0.3, -0.25) is 4.68 Å². The van der Waals surface area contributed by atoms with Crippen LogP contribution in [0.25, 0.3) is 0 Å². The lowest BCUT2D eigenvalue weighted by Crippen LogP contribution is -2.04.